The molecule has 3 aromatic rings. The molecule has 1 N–H and O–H groups in total. The summed E-state index contributed by atoms with van der Waals surface area (Å²) in [6.07, 6.45) is 0. The summed E-state index contributed by atoms with van der Waals surface area (Å²) in [5.74, 6) is 0.104. The van der Waals surface area contributed by atoms with Crippen LogP contribution in [-0.4, -0.2) is 22.5 Å². The Labute approximate surface area is 157 Å². The number of nitrogens with one attached hydrogen (secondary N) is 1. The SMILES string of the molecule is Cc1cc(OCC(=O)Nc2cccc(C)c2C)nc(-c2ccc(F)cc2)n1. The van der Waals surface area contributed by atoms with Crippen LogP contribution in [0.25, 0.3) is 11.4 Å². The van der Waals surface area contributed by atoms with E-state index in [-0.39, 0.29) is 24.2 Å². The largest absolute Gasteiger partial charge is 0.467 e. The Morgan fingerprint density at radius 3 is 2.56 bits per heavy atom. The molecule has 2 aromatic carbocycles. The zero-order valence-electron chi connectivity index (χ0n) is 15.4. The van der Waals surface area contributed by atoms with Crippen molar-refractivity contribution in [1.82, 2.24) is 9.97 Å². The first-order valence-electron chi connectivity index (χ1n) is 8.53. The van der Waals surface area contributed by atoms with Crippen molar-refractivity contribution in [2.24, 2.45) is 0 Å². The highest BCUT2D eigenvalue weighted by Gasteiger charge is 2.10. The first-order valence-corrected chi connectivity index (χ1v) is 8.53. The van der Waals surface area contributed by atoms with Gasteiger partial charge in [0.15, 0.2) is 12.4 Å². The third-order valence-corrected chi connectivity index (χ3v) is 4.16. The molecule has 0 bridgehead atoms. The van der Waals surface area contributed by atoms with E-state index in [1.54, 1.807) is 25.1 Å². The molecule has 0 aliphatic carbocycles. The fourth-order valence-corrected chi connectivity index (χ4v) is 2.55. The molecule has 1 heterocycles. The number of carbonyl (C=O) groups excluding carboxylic acids is 1. The van der Waals surface area contributed by atoms with Crippen LogP contribution in [0.15, 0.2) is 48.5 Å². The fraction of sp³-hybridized carbons (Fsp3) is 0.190. The lowest BCUT2D eigenvalue weighted by Crippen LogP contribution is -2.21. The van der Waals surface area contributed by atoms with Crippen LogP contribution < -0.4 is 10.1 Å². The van der Waals surface area contributed by atoms with E-state index in [4.69, 9.17) is 4.74 Å². The van der Waals surface area contributed by atoms with Gasteiger partial charge in [0.05, 0.1) is 0 Å². The molecule has 0 aliphatic heterocycles. The number of rotatable bonds is 5. The summed E-state index contributed by atoms with van der Waals surface area (Å²) in [6, 6.07) is 13.3. The molecule has 0 aliphatic rings. The summed E-state index contributed by atoms with van der Waals surface area (Å²) in [7, 11) is 0. The monoisotopic (exact) mass is 365 g/mol. The Kier molecular flexibility index (Phi) is 5.45. The smallest absolute Gasteiger partial charge is 0.262 e. The van der Waals surface area contributed by atoms with Crippen molar-refractivity contribution in [2.45, 2.75) is 20.8 Å². The number of ether oxygens (including phenoxy) is 1. The van der Waals surface area contributed by atoms with Gasteiger partial charge in [0.2, 0.25) is 5.88 Å². The fourth-order valence-electron chi connectivity index (χ4n) is 2.55. The van der Waals surface area contributed by atoms with Crippen LogP contribution in [0.3, 0.4) is 0 Å². The second-order valence-electron chi connectivity index (χ2n) is 6.26. The second-order valence-corrected chi connectivity index (χ2v) is 6.26. The minimum absolute atomic E-state index is 0.174. The number of benzene rings is 2. The highest BCUT2D eigenvalue weighted by Crippen LogP contribution is 2.20. The number of hydrogen-bond donors (Lipinski definition) is 1. The lowest BCUT2D eigenvalue weighted by molar-refractivity contribution is -0.118. The van der Waals surface area contributed by atoms with E-state index in [9.17, 15) is 9.18 Å². The van der Waals surface area contributed by atoms with E-state index in [0.717, 1.165) is 16.8 Å². The summed E-state index contributed by atoms with van der Waals surface area (Å²) in [5.41, 5.74) is 4.24. The zero-order chi connectivity index (χ0) is 19.4. The molecule has 0 fully saturated rings. The molecular weight excluding hydrogens is 345 g/mol. The van der Waals surface area contributed by atoms with Crippen LogP contribution in [0.4, 0.5) is 10.1 Å². The van der Waals surface area contributed by atoms with Gasteiger partial charge in [-0.25, -0.2) is 9.37 Å². The van der Waals surface area contributed by atoms with Crippen molar-refractivity contribution in [3.05, 3.63) is 71.2 Å². The molecule has 0 saturated heterocycles. The summed E-state index contributed by atoms with van der Waals surface area (Å²) in [5, 5.41) is 2.84. The predicted octanol–water partition coefficient (Wildman–Crippen LogP) is 4.23. The Balaban J connectivity index is 1.69. The molecule has 0 atom stereocenters. The normalized spacial score (nSPS) is 10.5. The van der Waals surface area contributed by atoms with Gasteiger partial charge in [-0.3, -0.25) is 4.79 Å². The average Bonchev–Trinajstić information content (AvgIpc) is 2.64. The van der Waals surface area contributed by atoms with Crippen LogP contribution in [-0.2, 0) is 4.79 Å². The van der Waals surface area contributed by atoms with E-state index in [0.29, 0.717) is 17.1 Å². The van der Waals surface area contributed by atoms with Gasteiger partial charge in [-0.15, -0.1) is 0 Å². The highest BCUT2D eigenvalue weighted by atomic mass is 19.1. The summed E-state index contributed by atoms with van der Waals surface area (Å²) >= 11 is 0. The maximum atomic E-state index is 13.1. The molecule has 27 heavy (non-hydrogen) atoms. The van der Waals surface area contributed by atoms with Crippen LogP contribution in [0.1, 0.15) is 16.8 Å². The number of hydrogen-bond acceptors (Lipinski definition) is 4. The number of amides is 1. The topological polar surface area (TPSA) is 64.1 Å². The molecule has 1 amide bonds. The third-order valence-electron chi connectivity index (χ3n) is 4.16. The molecule has 1 aromatic heterocycles. The van der Waals surface area contributed by atoms with Gasteiger partial charge < -0.3 is 10.1 Å². The Morgan fingerprint density at radius 2 is 1.81 bits per heavy atom. The number of carbonyl (C=O) groups is 1. The highest BCUT2D eigenvalue weighted by molar-refractivity contribution is 5.92. The molecule has 5 nitrogen and oxygen atoms in total. The maximum absolute atomic E-state index is 13.1. The molecular formula is C21H20FN3O2. The number of nitrogens with zero attached hydrogens (tertiary/aromatic N) is 2. The average molecular weight is 365 g/mol. The van der Waals surface area contributed by atoms with Gasteiger partial charge >= 0.3 is 0 Å². The first kappa shape index (κ1) is 18.5. The first-order chi connectivity index (χ1) is 12.9. The number of halogens is 1. The molecule has 0 spiro atoms. The second kappa shape index (κ2) is 7.95. The minimum atomic E-state index is -0.328. The van der Waals surface area contributed by atoms with E-state index < -0.39 is 0 Å². The predicted molar refractivity (Wildman–Crippen MR) is 102 cm³/mol. The lowest BCUT2D eigenvalue weighted by Gasteiger charge is -2.11. The van der Waals surface area contributed by atoms with Crippen molar-refractivity contribution in [2.75, 3.05) is 11.9 Å². The third kappa shape index (κ3) is 4.67. The van der Waals surface area contributed by atoms with Gasteiger partial charge in [0.25, 0.3) is 5.91 Å². The van der Waals surface area contributed by atoms with Gasteiger partial charge in [-0.2, -0.15) is 4.98 Å². The van der Waals surface area contributed by atoms with Crippen molar-refractivity contribution < 1.29 is 13.9 Å². The summed E-state index contributed by atoms with van der Waals surface area (Å²) in [4.78, 5) is 20.8. The Morgan fingerprint density at radius 1 is 1.07 bits per heavy atom. The van der Waals surface area contributed by atoms with Crippen LogP contribution >= 0.6 is 0 Å². The van der Waals surface area contributed by atoms with Crippen molar-refractivity contribution >= 4 is 11.6 Å². The quantitative estimate of drug-likeness (QED) is 0.735. The van der Waals surface area contributed by atoms with Crippen molar-refractivity contribution in [3.63, 3.8) is 0 Å². The molecule has 6 heteroatoms. The van der Waals surface area contributed by atoms with E-state index in [2.05, 4.69) is 15.3 Å². The number of aromatic nitrogens is 2. The Hall–Kier alpha value is -3.28. The van der Waals surface area contributed by atoms with E-state index in [1.807, 2.05) is 32.0 Å². The van der Waals surface area contributed by atoms with Gasteiger partial charge in [-0.05, 0) is 62.2 Å². The number of anilines is 1. The summed E-state index contributed by atoms with van der Waals surface area (Å²) < 4.78 is 18.6. The van der Waals surface area contributed by atoms with Crippen LogP contribution in [0, 0.1) is 26.6 Å². The summed E-state index contributed by atoms with van der Waals surface area (Å²) in [6.45, 7) is 5.57. The Bertz CT molecular complexity index is 972. The molecule has 0 radical (unpaired) electrons. The van der Waals surface area contributed by atoms with Gasteiger partial charge in [0, 0.05) is 23.0 Å². The number of aryl methyl sites for hydroxylation is 2. The lowest BCUT2D eigenvalue weighted by atomic mass is 10.1. The van der Waals surface area contributed by atoms with Gasteiger partial charge in [-0.1, -0.05) is 12.1 Å². The molecule has 3 rings (SSSR count). The van der Waals surface area contributed by atoms with Crippen molar-refractivity contribution in [3.8, 4) is 17.3 Å². The van der Waals surface area contributed by atoms with Crippen LogP contribution in [0.5, 0.6) is 5.88 Å². The maximum Gasteiger partial charge on any atom is 0.262 e. The van der Waals surface area contributed by atoms with Crippen molar-refractivity contribution in [1.29, 1.82) is 0 Å². The van der Waals surface area contributed by atoms with E-state index in [1.165, 1.54) is 12.1 Å². The van der Waals surface area contributed by atoms with Crippen LogP contribution in [0.2, 0.25) is 0 Å². The molecule has 0 unspecified atom stereocenters. The molecule has 138 valence electrons. The zero-order valence-corrected chi connectivity index (χ0v) is 15.4. The minimum Gasteiger partial charge on any atom is -0.467 e. The molecule has 0 saturated carbocycles. The standard InChI is InChI=1S/C21H20FN3O2/c1-13-5-4-6-18(15(13)3)24-19(26)12-27-20-11-14(2)23-21(25-20)16-7-9-17(22)10-8-16/h4-11H,12H2,1-3H3,(H,24,26). The van der Waals surface area contributed by atoms with Gasteiger partial charge in [0.1, 0.15) is 5.82 Å². The van der Waals surface area contributed by atoms with E-state index >= 15 is 0 Å².